The van der Waals surface area contributed by atoms with Gasteiger partial charge in [0.1, 0.15) is 18.6 Å². The molecule has 3 aliphatic rings. The summed E-state index contributed by atoms with van der Waals surface area (Å²) in [6.45, 7) is -0.977. The molecule has 0 saturated carbocycles. The fourth-order valence-electron chi connectivity index (χ4n) is 3.27. The number of hydrogen-bond acceptors (Lipinski definition) is 3. The Bertz CT molecular complexity index is 486. The molecule has 3 rings (SSSR count). The van der Waals surface area contributed by atoms with Crippen molar-refractivity contribution in [2.24, 2.45) is 0 Å². The van der Waals surface area contributed by atoms with E-state index >= 15 is 0 Å². The number of carbonyl (C=O) groups excluding carboxylic acids is 3. The molecule has 0 aliphatic carbocycles. The van der Waals surface area contributed by atoms with Crippen LogP contribution in [0.15, 0.2) is 0 Å². The zero-order chi connectivity index (χ0) is 15.4. The van der Waals surface area contributed by atoms with Gasteiger partial charge in [-0.2, -0.15) is 13.2 Å². The zero-order valence-corrected chi connectivity index (χ0v) is 11.1. The van der Waals surface area contributed by atoms with E-state index in [9.17, 15) is 27.6 Å². The number of alkyl halides is 3. The highest BCUT2D eigenvalue weighted by molar-refractivity contribution is 6.08. The van der Waals surface area contributed by atoms with E-state index in [1.807, 2.05) is 0 Å². The number of likely N-dealkylation sites (tertiary alicyclic amines) is 1. The summed E-state index contributed by atoms with van der Waals surface area (Å²) < 4.78 is 37.1. The van der Waals surface area contributed by atoms with Crippen LogP contribution in [-0.4, -0.2) is 70.4 Å². The first-order valence-electron chi connectivity index (χ1n) is 6.79. The Balaban J connectivity index is 1.75. The lowest BCUT2D eigenvalue weighted by Crippen LogP contribution is -2.47. The Hall–Kier alpha value is -1.80. The van der Waals surface area contributed by atoms with Crippen LogP contribution >= 0.6 is 0 Å². The third kappa shape index (κ3) is 2.24. The van der Waals surface area contributed by atoms with Crippen molar-refractivity contribution >= 4 is 17.8 Å². The van der Waals surface area contributed by atoms with Crippen molar-refractivity contribution in [3.8, 4) is 0 Å². The third-order valence-corrected chi connectivity index (χ3v) is 4.18. The van der Waals surface area contributed by atoms with Crippen LogP contribution in [0.5, 0.6) is 0 Å². The summed E-state index contributed by atoms with van der Waals surface area (Å²) in [4.78, 5) is 39.3. The van der Waals surface area contributed by atoms with Crippen molar-refractivity contribution in [3.05, 3.63) is 0 Å². The molecule has 4 amide bonds. The molecule has 9 heteroatoms. The summed E-state index contributed by atoms with van der Waals surface area (Å²) in [6.07, 6.45) is -3.14. The molecule has 0 N–H and O–H groups in total. The van der Waals surface area contributed by atoms with E-state index in [1.54, 1.807) is 0 Å². The maximum atomic E-state index is 12.4. The second-order valence-electron chi connectivity index (χ2n) is 5.52. The summed E-state index contributed by atoms with van der Waals surface area (Å²) in [7, 11) is 0. The van der Waals surface area contributed by atoms with E-state index in [0.717, 1.165) is 11.3 Å². The summed E-state index contributed by atoms with van der Waals surface area (Å²) in [5.74, 6) is -1.25. The van der Waals surface area contributed by atoms with Crippen LogP contribution < -0.4 is 0 Å². The summed E-state index contributed by atoms with van der Waals surface area (Å²) >= 11 is 0. The molecule has 6 nitrogen and oxygen atoms in total. The molecule has 21 heavy (non-hydrogen) atoms. The lowest BCUT2D eigenvalue weighted by Gasteiger charge is -2.22. The van der Waals surface area contributed by atoms with Crippen LogP contribution in [0.25, 0.3) is 0 Å². The Labute approximate surface area is 118 Å². The molecule has 3 fully saturated rings. The van der Waals surface area contributed by atoms with Gasteiger partial charge in [-0.3, -0.25) is 9.59 Å². The van der Waals surface area contributed by atoms with Crippen LogP contribution in [0.4, 0.5) is 18.0 Å². The maximum absolute atomic E-state index is 12.4. The summed E-state index contributed by atoms with van der Waals surface area (Å²) in [6, 6.07) is -2.17. The van der Waals surface area contributed by atoms with Crippen molar-refractivity contribution in [2.75, 3.05) is 19.6 Å². The Morgan fingerprint density at radius 1 is 1.00 bits per heavy atom. The second-order valence-corrected chi connectivity index (χ2v) is 5.52. The molecule has 0 aromatic carbocycles. The highest BCUT2D eigenvalue weighted by Gasteiger charge is 2.53. The lowest BCUT2D eigenvalue weighted by atomic mass is 10.1. The van der Waals surface area contributed by atoms with Gasteiger partial charge in [-0.1, -0.05) is 0 Å². The number of imide groups is 1. The molecule has 0 aromatic rings. The van der Waals surface area contributed by atoms with E-state index in [-0.39, 0.29) is 13.0 Å². The normalized spacial score (nSPS) is 29.9. The summed E-state index contributed by atoms with van der Waals surface area (Å²) in [5.41, 5.74) is 0. The third-order valence-electron chi connectivity index (χ3n) is 4.18. The Morgan fingerprint density at radius 3 is 2.33 bits per heavy atom. The number of nitrogens with zero attached hydrogens (tertiary/aromatic N) is 3. The van der Waals surface area contributed by atoms with Gasteiger partial charge in [0.15, 0.2) is 0 Å². The van der Waals surface area contributed by atoms with Crippen molar-refractivity contribution in [1.82, 2.24) is 14.7 Å². The van der Waals surface area contributed by atoms with Crippen LogP contribution in [0, 0.1) is 0 Å². The highest BCUT2D eigenvalue weighted by Crippen LogP contribution is 2.32. The number of hydrogen-bond donors (Lipinski definition) is 0. The standard InChI is InChI=1S/C12H14F3N3O3/c13-12(14,15)6-16-5-3-8(9(16)19)18-10(20)7-2-1-4-17(7)11(18)21/h7-8H,1-6H2/t7-,8?/m1/s1. The van der Waals surface area contributed by atoms with Gasteiger partial charge in [0, 0.05) is 13.1 Å². The second kappa shape index (κ2) is 4.60. The number of fused-ring (bicyclic) bond motifs is 1. The number of amides is 4. The summed E-state index contributed by atoms with van der Waals surface area (Å²) in [5, 5.41) is 0. The molecular weight excluding hydrogens is 291 g/mol. The first kappa shape index (κ1) is 14.2. The predicted molar refractivity (Wildman–Crippen MR) is 63.0 cm³/mol. The van der Waals surface area contributed by atoms with Gasteiger partial charge in [-0.05, 0) is 19.3 Å². The van der Waals surface area contributed by atoms with Crippen LogP contribution in [0.2, 0.25) is 0 Å². The topological polar surface area (TPSA) is 60.9 Å². The number of halogens is 3. The molecular formula is C12H14F3N3O3. The van der Waals surface area contributed by atoms with Gasteiger partial charge < -0.3 is 9.80 Å². The van der Waals surface area contributed by atoms with Crippen LogP contribution in [0.1, 0.15) is 19.3 Å². The Morgan fingerprint density at radius 2 is 1.71 bits per heavy atom. The number of urea groups is 1. The average Bonchev–Trinajstić information content (AvgIpc) is 3.02. The molecule has 3 heterocycles. The van der Waals surface area contributed by atoms with Gasteiger partial charge in [-0.25, -0.2) is 9.69 Å². The van der Waals surface area contributed by atoms with Crippen molar-refractivity contribution < 1.29 is 27.6 Å². The van der Waals surface area contributed by atoms with Gasteiger partial charge in [0.25, 0.3) is 5.91 Å². The fourth-order valence-corrected chi connectivity index (χ4v) is 3.27. The molecule has 116 valence electrons. The van der Waals surface area contributed by atoms with Gasteiger partial charge >= 0.3 is 12.2 Å². The van der Waals surface area contributed by atoms with Crippen LogP contribution in [-0.2, 0) is 9.59 Å². The maximum Gasteiger partial charge on any atom is 0.406 e. The van der Waals surface area contributed by atoms with E-state index in [2.05, 4.69) is 0 Å². The minimum atomic E-state index is -4.48. The SMILES string of the molecule is O=C1C(N2C(=O)[C@H]3CCCN3C2=O)CCN1CC(F)(F)F. The fraction of sp³-hybridized carbons (Fsp3) is 0.750. The minimum Gasteiger partial charge on any atom is -0.332 e. The van der Waals surface area contributed by atoms with Gasteiger partial charge in [0.2, 0.25) is 5.91 Å². The van der Waals surface area contributed by atoms with E-state index in [4.69, 9.17) is 0 Å². The Kier molecular flexibility index (Phi) is 3.10. The molecule has 3 saturated heterocycles. The molecule has 1 unspecified atom stereocenters. The number of carbonyl (C=O) groups is 3. The van der Waals surface area contributed by atoms with E-state index < -0.39 is 42.7 Å². The van der Waals surface area contributed by atoms with Crippen molar-refractivity contribution in [3.63, 3.8) is 0 Å². The smallest absolute Gasteiger partial charge is 0.332 e. The lowest BCUT2D eigenvalue weighted by molar-refractivity contribution is -0.159. The minimum absolute atomic E-state index is 0.0625. The monoisotopic (exact) mass is 305 g/mol. The molecule has 0 bridgehead atoms. The van der Waals surface area contributed by atoms with Gasteiger partial charge in [0.05, 0.1) is 0 Å². The predicted octanol–water partition coefficient (Wildman–Crippen LogP) is 0.576. The van der Waals surface area contributed by atoms with E-state index in [1.165, 1.54) is 4.90 Å². The van der Waals surface area contributed by atoms with Crippen LogP contribution in [0.3, 0.4) is 0 Å². The largest absolute Gasteiger partial charge is 0.406 e. The van der Waals surface area contributed by atoms with Crippen molar-refractivity contribution in [2.45, 2.75) is 37.5 Å². The zero-order valence-electron chi connectivity index (χ0n) is 11.1. The molecule has 2 atom stereocenters. The first-order chi connectivity index (χ1) is 9.79. The van der Waals surface area contributed by atoms with Gasteiger partial charge in [-0.15, -0.1) is 0 Å². The molecule has 0 radical (unpaired) electrons. The average molecular weight is 305 g/mol. The van der Waals surface area contributed by atoms with Crippen molar-refractivity contribution in [1.29, 1.82) is 0 Å². The molecule has 0 spiro atoms. The molecule has 3 aliphatic heterocycles. The highest BCUT2D eigenvalue weighted by atomic mass is 19.4. The number of rotatable bonds is 2. The van der Waals surface area contributed by atoms with E-state index in [0.29, 0.717) is 17.9 Å². The molecule has 0 aromatic heterocycles. The first-order valence-corrected chi connectivity index (χ1v) is 6.79. The quantitative estimate of drug-likeness (QED) is 0.701.